The van der Waals surface area contributed by atoms with Gasteiger partial charge in [-0.1, -0.05) is 12.1 Å². The first-order chi connectivity index (χ1) is 17.0. The standard InChI is InChI=1S/C25H29F3N2O5S/c1-15-13-20(25(26,27)28)29-24(34-2)21(15)23(31)30-22(18-9-11-35-12-10-18)17-5-7-19(8-6-17)36(32,33)14-16-3-4-16/h5-8,13,16,18,22H,3-4,9-12,14H2,1-2H3,(H,30,31). The molecule has 7 nitrogen and oxygen atoms in total. The minimum atomic E-state index is -4.68. The summed E-state index contributed by atoms with van der Waals surface area (Å²) in [6.07, 6.45) is -1.50. The first kappa shape index (κ1) is 26.4. The molecule has 2 aromatic rings. The maximum Gasteiger partial charge on any atom is 0.433 e. The third kappa shape index (κ3) is 6.00. The van der Waals surface area contributed by atoms with Crippen molar-refractivity contribution in [2.45, 2.75) is 49.7 Å². The minimum absolute atomic E-state index is 0.00895. The molecule has 1 unspecified atom stereocenters. The number of amides is 1. The molecule has 4 rings (SSSR count). The van der Waals surface area contributed by atoms with Crippen LogP contribution in [-0.4, -0.2) is 45.4 Å². The summed E-state index contributed by atoms with van der Waals surface area (Å²) in [6.45, 7) is 2.42. The van der Waals surface area contributed by atoms with E-state index in [4.69, 9.17) is 9.47 Å². The zero-order chi connectivity index (χ0) is 26.1. The smallest absolute Gasteiger partial charge is 0.433 e. The lowest BCUT2D eigenvalue weighted by atomic mass is 9.86. The highest BCUT2D eigenvalue weighted by molar-refractivity contribution is 7.91. The fourth-order valence-corrected chi connectivity index (χ4v) is 6.22. The molecule has 1 aromatic heterocycles. The second-order valence-corrected chi connectivity index (χ2v) is 11.4. The normalized spacial score (nSPS) is 18.0. The third-order valence-electron chi connectivity index (χ3n) is 6.67. The van der Waals surface area contributed by atoms with E-state index < -0.39 is 39.5 Å². The molecule has 1 amide bonds. The molecule has 196 valence electrons. The fraction of sp³-hybridized carbons (Fsp3) is 0.520. The molecule has 1 aliphatic heterocycles. The van der Waals surface area contributed by atoms with Crippen molar-refractivity contribution in [1.82, 2.24) is 10.3 Å². The number of methoxy groups -OCH3 is 1. The highest BCUT2D eigenvalue weighted by atomic mass is 32.2. The number of carbonyl (C=O) groups is 1. The van der Waals surface area contributed by atoms with E-state index in [1.54, 1.807) is 24.3 Å². The van der Waals surface area contributed by atoms with Crippen molar-refractivity contribution in [3.8, 4) is 5.88 Å². The molecule has 1 N–H and O–H groups in total. The largest absolute Gasteiger partial charge is 0.480 e. The number of rotatable bonds is 8. The number of aromatic nitrogens is 1. The Balaban J connectivity index is 1.63. The van der Waals surface area contributed by atoms with Crippen molar-refractivity contribution in [2.24, 2.45) is 11.8 Å². The monoisotopic (exact) mass is 526 g/mol. The predicted octanol–water partition coefficient (Wildman–Crippen LogP) is 4.50. The summed E-state index contributed by atoms with van der Waals surface area (Å²) >= 11 is 0. The van der Waals surface area contributed by atoms with Gasteiger partial charge in [-0.3, -0.25) is 4.79 Å². The van der Waals surface area contributed by atoms with Gasteiger partial charge in [0.25, 0.3) is 5.91 Å². The number of sulfone groups is 1. The van der Waals surface area contributed by atoms with E-state index in [2.05, 4.69) is 10.3 Å². The number of ether oxygens (including phenoxy) is 2. The first-order valence-electron chi connectivity index (χ1n) is 11.8. The van der Waals surface area contributed by atoms with Crippen LogP contribution in [0.15, 0.2) is 35.2 Å². The van der Waals surface area contributed by atoms with Gasteiger partial charge in [-0.15, -0.1) is 0 Å². The predicted molar refractivity (Wildman–Crippen MR) is 125 cm³/mol. The van der Waals surface area contributed by atoms with Crippen LogP contribution in [0.3, 0.4) is 0 Å². The van der Waals surface area contributed by atoms with Crippen LogP contribution >= 0.6 is 0 Å². The van der Waals surface area contributed by atoms with Gasteiger partial charge in [-0.2, -0.15) is 13.2 Å². The molecule has 11 heteroatoms. The lowest BCUT2D eigenvalue weighted by molar-refractivity contribution is -0.141. The van der Waals surface area contributed by atoms with Gasteiger partial charge >= 0.3 is 6.18 Å². The Bertz CT molecular complexity index is 1210. The number of pyridine rings is 1. The molecule has 1 saturated heterocycles. The number of halogens is 3. The summed E-state index contributed by atoms with van der Waals surface area (Å²) in [5, 5.41) is 2.95. The number of nitrogens with zero attached hydrogens (tertiary/aromatic N) is 1. The average molecular weight is 527 g/mol. The highest BCUT2D eigenvalue weighted by Crippen LogP contribution is 2.35. The number of carbonyl (C=O) groups excluding carboxylic acids is 1. The van der Waals surface area contributed by atoms with Gasteiger partial charge in [0, 0.05) is 13.2 Å². The molecule has 2 aliphatic rings. The van der Waals surface area contributed by atoms with Crippen molar-refractivity contribution in [1.29, 1.82) is 0 Å². The Morgan fingerprint density at radius 2 is 1.81 bits per heavy atom. The Hall–Kier alpha value is -2.66. The summed E-state index contributed by atoms with van der Waals surface area (Å²) in [5.74, 6) is -0.684. The van der Waals surface area contributed by atoms with Gasteiger partial charge in [0.15, 0.2) is 9.84 Å². The lowest BCUT2D eigenvalue weighted by Gasteiger charge is -2.31. The molecule has 0 radical (unpaired) electrons. The van der Waals surface area contributed by atoms with Crippen LogP contribution in [0.5, 0.6) is 5.88 Å². The molecule has 36 heavy (non-hydrogen) atoms. The number of nitrogens with one attached hydrogen (secondary N) is 1. The molecule has 0 spiro atoms. The van der Waals surface area contributed by atoms with Crippen LogP contribution in [0.2, 0.25) is 0 Å². The van der Waals surface area contributed by atoms with Crippen molar-refractivity contribution in [2.75, 3.05) is 26.1 Å². The summed E-state index contributed by atoms with van der Waals surface area (Å²) < 4.78 is 75.4. The number of aryl methyl sites for hydroxylation is 1. The van der Waals surface area contributed by atoms with Gasteiger partial charge in [-0.25, -0.2) is 13.4 Å². The number of hydrogen-bond donors (Lipinski definition) is 1. The second-order valence-electron chi connectivity index (χ2n) is 9.40. The molecule has 1 saturated carbocycles. The van der Waals surface area contributed by atoms with Crippen LogP contribution in [0, 0.1) is 18.8 Å². The first-order valence-corrected chi connectivity index (χ1v) is 13.5. The van der Waals surface area contributed by atoms with E-state index >= 15 is 0 Å². The van der Waals surface area contributed by atoms with Crippen LogP contribution < -0.4 is 10.1 Å². The van der Waals surface area contributed by atoms with E-state index in [0.29, 0.717) is 31.6 Å². The number of benzene rings is 1. The van der Waals surface area contributed by atoms with Gasteiger partial charge in [0.1, 0.15) is 11.3 Å². The molecular formula is C25H29F3N2O5S. The van der Waals surface area contributed by atoms with Crippen LogP contribution in [0.1, 0.15) is 58.9 Å². The van der Waals surface area contributed by atoms with Crippen LogP contribution in [0.25, 0.3) is 0 Å². The maximum atomic E-state index is 13.3. The van der Waals surface area contributed by atoms with Gasteiger partial charge in [-0.05, 0) is 73.8 Å². The number of hydrogen-bond acceptors (Lipinski definition) is 6. The van der Waals surface area contributed by atoms with Crippen LogP contribution in [0.4, 0.5) is 13.2 Å². The van der Waals surface area contributed by atoms with Crippen molar-refractivity contribution >= 4 is 15.7 Å². The zero-order valence-corrected chi connectivity index (χ0v) is 20.9. The van der Waals surface area contributed by atoms with E-state index in [-0.39, 0.29) is 33.6 Å². The molecule has 2 heterocycles. The average Bonchev–Trinajstić information content (AvgIpc) is 3.65. The maximum absolute atomic E-state index is 13.3. The van der Waals surface area contributed by atoms with Crippen molar-refractivity contribution in [3.63, 3.8) is 0 Å². The Labute approximate surface area is 208 Å². The Morgan fingerprint density at radius 1 is 1.17 bits per heavy atom. The highest BCUT2D eigenvalue weighted by Gasteiger charge is 2.36. The molecule has 1 aliphatic carbocycles. The van der Waals surface area contributed by atoms with E-state index in [1.807, 2.05) is 0 Å². The summed E-state index contributed by atoms with van der Waals surface area (Å²) in [5.41, 5.74) is -0.431. The van der Waals surface area contributed by atoms with Crippen molar-refractivity contribution in [3.05, 3.63) is 52.7 Å². The third-order valence-corrected chi connectivity index (χ3v) is 8.57. The molecule has 2 fully saturated rings. The SMILES string of the molecule is COc1nc(C(F)(F)F)cc(C)c1C(=O)NC(c1ccc(S(=O)(=O)CC2CC2)cc1)C1CCOCC1. The topological polar surface area (TPSA) is 94.6 Å². The van der Waals surface area contributed by atoms with Gasteiger partial charge < -0.3 is 14.8 Å². The summed E-state index contributed by atoms with van der Waals surface area (Å²) in [7, 11) is -2.22. The van der Waals surface area contributed by atoms with E-state index in [9.17, 15) is 26.4 Å². The summed E-state index contributed by atoms with van der Waals surface area (Å²) in [6, 6.07) is 6.80. The Morgan fingerprint density at radius 3 is 2.36 bits per heavy atom. The zero-order valence-electron chi connectivity index (χ0n) is 20.1. The van der Waals surface area contributed by atoms with Gasteiger partial charge in [0.05, 0.1) is 23.8 Å². The van der Waals surface area contributed by atoms with Crippen molar-refractivity contribution < 1.29 is 35.9 Å². The molecule has 0 bridgehead atoms. The van der Waals surface area contributed by atoms with E-state index in [1.165, 1.54) is 6.92 Å². The fourth-order valence-electron chi connectivity index (χ4n) is 4.52. The van der Waals surface area contributed by atoms with Crippen LogP contribution in [-0.2, 0) is 20.8 Å². The second kappa shape index (κ2) is 10.4. The minimum Gasteiger partial charge on any atom is -0.480 e. The Kier molecular flexibility index (Phi) is 7.61. The lowest BCUT2D eigenvalue weighted by Crippen LogP contribution is -2.36. The van der Waals surface area contributed by atoms with Gasteiger partial charge in [0.2, 0.25) is 5.88 Å². The quantitative estimate of drug-likeness (QED) is 0.545. The number of alkyl halides is 3. The molecular weight excluding hydrogens is 497 g/mol. The van der Waals surface area contributed by atoms with E-state index in [0.717, 1.165) is 26.0 Å². The summed E-state index contributed by atoms with van der Waals surface area (Å²) in [4.78, 5) is 17.1. The molecule has 1 aromatic carbocycles. The molecule has 1 atom stereocenters.